The summed E-state index contributed by atoms with van der Waals surface area (Å²) >= 11 is 0. The molecule has 3 fully saturated rings. The van der Waals surface area contributed by atoms with Gasteiger partial charge in [-0.1, -0.05) is 0 Å². The Hall–Kier alpha value is -0.160. The van der Waals surface area contributed by atoms with Gasteiger partial charge in [0.25, 0.3) is 0 Å². The normalized spacial score (nSPS) is 31.1. The Kier molecular flexibility index (Phi) is 2.92. The third kappa shape index (κ3) is 1.88. The van der Waals surface area contributed by atoms with E-state index in [4.69, 9.17) is 9.47 Å². The van der Waals surface area contributed by atoms with Crippen molar-refractivity contribution < 1.29 is 9.47 Å². The molecule has 0 atom stereocenters. The lowest BCUT2D eigenvalue weighted by Gasteiger charge is -2.44. The van der Waals surface area contributed by atoms with Crippen LogP contribution in [0.4, 0.5) is 0 Å². The van der Waals surface area contributed by atoms with Crippen molar-refractivity contribution in [1.82, 2.24) is 10.2 Å². The number of hydrogen-bond acceptors (Lipinski definition) is 4. The highest BCUT2D eigenvalue weighted by Gasteiger charge is 2.42. The van der Waals surface area contributed by atoms with Gasteiger partial charge in [0.15, 0.2) is 5.79 Å². The molecule has 1 N–H and O–H groups in total. The van der Waals surface area contributed by atoms with Crippen molar-refractivity contribution in [3.05, 3.63) is 0 Å². The molecule has 3 aliphatic rings. The molecule has 92 valence electrons. The van der Waals surface area contributed by atoms with Crippen molar-refractivity contribution in [2.75, 3.05) is 33.4 Å². The summed E-state index contributed by atoms with van der Waals surface area (Å²) in [6.07, 6.45) is 4.57. The number of nitrogens with one attached hydrogen (secondary N) is 1. The van der Waals surface area contributed by atoms with Crippen LogP contribution in [0.15, 0.2) is 0 Å². The van der Waals surface area contributed by atoms with Gasteiger partial charge >= 0.3 is 0 Å². The number of hydrogen-bond donors (Lipinski definition) is 1. The van der Waals surface area contributed by atoms with E-state index >= 15 is 0 Å². The molecule has 2 aliphatic heterocycles. The summed E-state index contributed by atoms with van der Waals surface area (Å²) < 4.78 is 11.5. The van der Waals surface area contributed by atoms with E-state index in [-0.39, 0.29) is 5.79 Å². The predicted molar refractivity (Wildman–Crippen MR) is 61.3 cm³/mol. The molecule has 4 heteroatoms. The van der Waals surface area contributed by atoms with E-state index in [2.05, 4.69) is 17.3 Å². The van der Waals surface area contributed by atoms with Crippen LogP contribution in [0.25, 0.3) is 0 Å². The number of likely N-dealkylation sites (N-methyl/N-ethyl adjacent to an activating group) is 1. The van der Waals surface area contributed by atoms with Crippen LogP contribution in [-0.2, 0) is 9.47 Å². The summed E-state index contributed by atoms with van der Waals surface area (Å²) in [5, 5.41) is 3.34. The Labute approximate surface area is 97.3 Å². The first-order chi connectivity index (χ1) is 7.79. The van der Waals surface area contributed by atoms with E-state index in [0.29, 0.717) is 0 Å². The summed E-state index contributed by atoms with van der Waals surface area (Å²) in [6, 6.07) is 1.48. The maximum atomic E-state index is 5.76. The molecular weight excluding hydrogens is 204 g/mol. The van der Waals surface area contributed by atoms with Gasteiger partial charge in [-0.15, -0.1) is 0 Å². The van der Waals surface area contributed by atoms with E-state index in [0.717, 1.165) is 51.2 Å². The minimum Gasteiger partial charge on any atom is -0.348 e. The molecule has 0 radical (unpaired) electrons. The second-order valence-corrected chi connectivity index (χ2v) is 5.32. The van der Waals surface area contributed by atoms with Gasteiger partial charge < -0.3 is 14.8 Å². The second kappa shape index (κ2) is 4.26. The van der Waals surface area contributed by atoms with Crippen LogP contribution in [0.3, 0.4) is 0 Å². The molecule has 3 rings (SSSR count). The molecule has 4 nitrogen and oxygen atoms in total. The van der Waals surface area contributed by atoms with Crippen LogP contribution in [0.5, 0.6) is 0 Å². The molecule has 1 aliphatic carbocycles. The molecule has 0 bridgehead atoms. The fourth-order valence-electron chi connectivity index (χ4n) is 3.09. The summed E-state index contributed by atoms with van der Waals surface area (Å²) in [5.41, 5.74) is 0. The van der Waals surface area contributed by atoms with Crippen molar-refractivity contribution in [3.63, 3.8) is 0 Å². The van der Waals surface area contributed by atoms with Gasteiger partial charge in [-0.3, -0.25) is 4.90 Å². The Morgan fingerprint density at radius 2 is 1.69 bits per heavy atom. The predicted octanol–water partition coefficient (Wildman–Crippen LogP) is 0.576. The lowest BCUT2D eigenvalue weighted by Crippen LogP contribution is -2.59. The maximum absolute atomic E-state index is 5.76. The number of rotatable bonds is 2. The zero-order valence-corrected chi connectivity index (χ0v) is 10.1. The van der Waals surface area contributed by atoms with E-state index in [9.17, 15) is 0 Å². The van der Waals surface area contributed by atoms with E-state index in [1.165, 1.54) is 12.8 Å². The van der Waals surface area contributed by atoms with Crippen molar-refractivity contribution in [2.45, 2.75) is 43.6 Å². The summed E-state index contributed by atoms with van der Waals surface area (Å²) in [4.78, 5) is 2.55. The zero-order chi connectivity index (χ0) is 11.0. The fraction of sp³-hybridized carbons (Fsp3) is 1.00. The minimum atomic E-state index is -0.199. The van der Waals surface area contributed by atoms with Crippen LogP contribution >= 0.6 is 0 Å². The molecule has 0 aromatic heterocycles. The quantitative estimate of drug-likeness (QED) is 0.746. The second-order valence-electron chi connectivity index (χ2n) is 5.32. The first-order valence-corrected chi connectivity index (χ1v) is 6.50. The monoisotopic (exact) mass is 226 g/mol. The lowest BCUT2D eigenvalue weighted by atomic mass is 9.88. The molecule has 0 amide bonds. The lowest BCUT2D eigenvalue weighted by molar-refractivity contribution is -0.184. The van der Waals surface area contributed by atoms with Crippen LogP contribution < -0.4 is 5.32 Å². The number of ether oxygens (including phenoxy) is 2. The van der Waals surface area contributed by atoms with E-state index in [1.807, 2.05) is 0 Å². The summed E-state index contributed by atoms with van der Waals surface area (Å²) in [5.74, 6) is -0.199. The van der Waals surface area contributed by atoms with Gasteiger partial charge in [-0.2, -0.15) is 0 Å². The first-order valence-electron chi connectivity index (χ1n) is 6.50. The van der Waals surface area contributed by atoms with Crippen molar-refractivity contribution >= 4 is 0 Å². The maximum Gasteiger partial charge on any atom is 0.168 e. The topological polar surface area (TPSA) is 33.7 Å². The molecule has 1 saturated carbocycles. The Morgan fingerprint density at radius 3 is 2.19 bits per heavy atom. The van der Waals surface area contributed by atoms with Gasteiger partial charge in [0.1, 0.15) is 0 Å². The average Bonchev–Trinajstić information content (AvgIpc) is 2.65. The smallest absolute Gasteiger partial charge is 0.168 e. The van der Waals surface area contributed by atoms with Gasteiger partial charge in [0, 0.05) is 38.0 Å². The van der Waals surface area contributed by atoms with Gasteiger partial charge in [0.05, 0.1) is 13.2 Å². The molecule has 1 spiro atoms. The van der Waals surface area contributed by atoms with Crippen molar-refractivity contribution in [2.24, 2.45) is 0 Å². The molecule has 0 unspecified atom stereocenters. The van der Waals surface area contributed by atoms with Crippen LogP contribution in [0.2, 0.25) is 0 Å². The summed E-state index contributed by atoms with van der Waals surface area (Å²) in [7, 11) is 2.27. The highest BCUT2D eigenvalue weighted by Crippen LogP contribution is 2.37. The number of nitrogens with zero attached hydrogens (tertiary/aromatic N) is 1. The van der Waals surface area contributed by atoms with Crippen LogP contribution in [-0.4, -0.2) is 56.1 Å². The van der Waals surface area contributed by atoms with Crippen LogP contribution in [0, 0.1) is 0 Å². The molecular formula is C12H22N2O2. The van der Waals surface area contributed by atoms with Gasteiger partial charge in [-0.05, 0) is 19.9 Å². The SMILES string of the molecule is CN(C1CCC2(CC1)OCCO2)C1CNC1. The third-order valence-electron chi connectivity index (χ3n) is 4.44. The minimum absolute atomic E-state index is 0.199. The Balaban J connectivity index is 1.53. The average molecular weight is 226 g/mol. The van der Waals surface area contributed by atoms with Gasteiger partial charge in [-0.25, -0.2) is 0 Å². The van der Waals surface area contributed by atoms with E-state index < -0.39 is 0 Å². The summed E-state index contributed by atoms with van der Waals surface area (Å²) in [6.45, 7) is 3.89. The molecule has 0 aromatic rings. The van der Waals surface area contributed by atoms with E-state index in [1.54, 1.807) is 0 Å². The Bertz CT molecular complexity index is 239. The molecule has 16 heavy (non-hydrogen) atoms. The van der Waals surface area contributed by atoms with Gasteiger partial charge in [0.2, 0.25) is 0 Å². The third-order valence-corrected chi connectivity index (χ3v) is 4.44. The Morgan fingerprint density at radius 1 is 1.06 bits per heavy atom. The highest BCUT2D eigenvalue weighted by molar-refractivity contribution is 4.91. The van der Waals surface area contributed by atoms with Crippen molar-refractivity contribution in [3.8, 4) is 0 Å². The highest BCUT2D eigenvalue weighted by atomic mass is 16.7. The van der Waals surface area contributed by atoms with Crippen molar-refractivity contribution in [1.29, 1.82) is 0 Å². The molecule has 2 heterocycles. The molecule has 2 saturated heterocycles. The first kappa shape index (κ1) is 11.0. The standard InChI is InChI=1S/C12H22N2O2/c1-14(11-8-13-9-11)10-2-4-12(5-3-10)15-6-7-16-12/h10-11,13H,2-9H2,1H3. The molecule has 0 aromatic carbocycles. The fourth-order valence-corrected chi connectivity index (χ4v) is 3.09. The zero-order valence-electron chi connectivity index (χ0n) is 10.1. The van der Waals surface area contributed by atoms with Crippen LogP contribution in [0.1, 0.15) is 25.7 Å². The largest absolute Gasteiger partial charge is 0.348 e.